The number of guanidine groups is 1. The Balaban J connectivity index is 1.82. The minimum absolute atomic E-state index is 0.110. The molecule has 1 aliphatic carbocycles. The van der Waals surface area contributed by atoms with Crippen LogP contribution < -0.4 is 10.6 Å². The summed E-state index contributed by atoms with van der Waals surface area (Å²) < 4.78 is 11.2. The van der Waals surface area contributed by atoms with E-state index in [2.05, 4.69) is 31.4 Å². The maximum absolute atomic E-state index is 10.3. The van der Waals surface area contributed by atoms with Gasteiger partial charge in [0.2, 0.25) is 0 Å². The number of nitrogens with one attached hydrogen (secondary N) is 2. The van der Waals surface area contributed by atoms with Crippen LogP contribution in [0.15, 0.2) is 4.99 Å². The van der Waals surface area contributed by atoms with E-state index in [1.807, 2.05) is 0 Å². The van der Waals surface area contributed by atoms with E-state index < -0.39 is 0 Å². The molecule has 1 aliphatic heterocycles. The molecule has 0 spiro atoms. The molecule has 0 aromatic heterocycles. The van der Waals surface area contributed by atoms with Gasteiger partial charge in [0.15, 0.2) is 5.96 Å². The lowest BCUT2D eigenvalue weighted by Gasteiger charge is -2.37. The fourth-order valence-electron chi connectivity index (χ4n) is 3.35. The van der Waals surface area contributed by atoms with Crippen molar-refractivity contribution in [2.75, 3.05) is 32.9 Å². The van der Waals surface area contributed by atoms with Crippen LogP contribution in [0, 0.1) is 5.41 Å². The molecule has 0 bridgehead atoms. The Morgan fingerprint density at radius 1 is 1.42 bits per heavy atom. The maximum atomic E-state index is 10.3. The normalized spacial score (nSPS) is 32.6. The highest BCUT2D eigenvalue weighted by molar-refractivity contribution is 5.80. The lowest BCUT2D eigenvalue weighted by atomic mass is 9.73. The largest absolute Gasteiger partial charge is 0.392 e. The summed E-state index contributed by atoms with van der Waals surface area (Å²) in [6, 6.07) is 0.174. The molecule has 6 heteroatoms. The average molecular weight is 341 g/mol. The fourth-order valence-corrected chi connectivity index (χ4v) is 3.35. The Labute approximate surface area is 146 Å². The molecule has 2 fully saturated rings. The summed E-state index contributed by atoms with van der Waals surface area (Å²) in [5.41, 5.74) is -0.110. The van der Waals surface area contributed by atoms with Gasteiger partial charge >= 0.3 is 0 Å². The Hall–Kier alpha value is -0.850. The molecule has 140 valence electrons. The van der Waals surface area contributed by atoms with Gasteiger partial charge in [-0.15, -0.1) is 0 Å². The third-order valence-electron chi connectivity index (χ3n) is 5.08. The topological polar surface area (TPSA) is 75.1 Å². The van der Waals surface area contributed by atoms with Gasteiger partial charge in [0.25, 0.3) is 0 Å². The summed E-state index contributed by atoms with van der Waals surface area (Å²) in [5.74, 6) is 0.801. The van der Waals surface area contributed by atoms with Crippen molar-refractivity contribution < 1.29 is 14.6 Å². The molecule has 4 unspecified atom stereocenters. The Morgan fingerprint density at radius 3 is 2.92 bits per heavy atom. The highest BCUT2D eigenvalue weighted by Gasteiger charge is 2.35. The Morgan fingerprint density at radius 2 is 2.25 bits per heavy atom. The van der Waals surface area contributed by atoms with E-state index in [1.54, 1.807) is 0 Å². The molecular formula is C18H35N3O3. The molecule has 3 N–H and O–H groups in total. The highest BCUT2D eigenvalue weighted by atomic mass is 16.5. The third-order valence-corrected chi connectivity index (χ3v) is 5.08. The summed E-state index contributed by atoms with van der Waals surface area (Å²) in [5, 5.41) is 17.0. The molecule has 6 nitrogen and oxygen atoms in total. The first-order chi connectivity index (χ1) is 11.5. The van der Waals surface area contributed by atoms with Crippen molar-refractivity contribution in [1.29, 1.82) is 0 Å². The summed E-state index contributed by atoms with van der Waals surface area (Å²) in [6.45, 7) is 9.91. The second kappa shape index (κ2) is 9.59. The van der Waals surface area contributed by atoms with Crippen LogP contribution in [0.5, 0.6) is 0 Å². The number of ether oxygens (including phenoxy) is 2. The number of rotatable bonds is 7. The van der Waals surface area contributed by atoms with Crippen LogP contribution in [0.1, 0.15) is 52.9 Å². The number of hydrogen-bond donors (Lipinski definition) is 3. The molecular weight excluding hydrogens is 306 g/mol. The molecule has 1 heterocycles. The van der Waals surface area contributed by atoms with Crippen molar-refractivity contribution in [2.45, 2.75) is 71.1 Å². The van der Waals surface area contributed by atoms with Gasteiger partial charge in [-0.1, -0.05) is 19.8 Å². The predicted molar refractivity (Wildman–Crippen MR) is 96.3 cm³/mol. The van der Waals surface area contributed by atoms with Crippen LogP contribution in [0.3, 0.4) is 0 Å². The van der Waals surface area contributed by atoms with Gasteiger partial charge in [0.05, 0.1) is 32.0 Å². The number of aliphatic hydroxyl groups excluding tert-OH is 1. The van der Waals surface area contributed by atoms with Gasteiger partial charge in [-0.2, -0.15) is 0 Å². The van der Waals surface area contributed by atoms with Crippen LogP contribution in [0.2, 0.25) is 0 Å². The van der Waals surface area contributed by atoms with Crippen molar-refractivity contribution in [3.63, 3.8) is 0 Å². The first kappa shape index (κ1) is 19.5. The quantitative estimate of drug-likeness (QED) is 0.485. The average Bonchev–Trinajstić information content (AvgIpc) is 3.07. The minimum atomic E-state index is -0.249. The maximum Gasteiger partial charge on any atom is 0.191 e. The first-order valence-corrected chi connectivity index (χ1v) is 9.46. The Kier molecular flexibility index (Phi) is 7.78. The van der Waals surface area contributed by atoms with Crippen molar-refractivity contribution in [2.24, 2.45) is 10.4 Å². The monoisotopic (exact) mass is 341 g/mol. The second-order valence-corrected chi connectivity index (χ2v) is 7.48. The summed E-state index contributed by atoms with van der Waals surface area (Å²) in [4.78, 5) is 4.73. The lowest BCUT2D eigenvalue weighted by Crippen LogP contribution is -2.46. The standard InChI is InChI=1S/C18H35N3O3/c1-4-19-17(20-13-18(3)9-6-5-7-16(18)22)21-14(2)11-24-15-8-10-23-12-15/h14-16,22H,4-13H2,1-3H3,(H2,19,20,21). The van der Waals surface area contributed by atoms with Crippen molar-refractivity contribution >= 4 is 5.96 Å². The molecule has 1 saturated heterocycles. The molecule has 24 heavy (non-hydrogen) atoms. The van der Waals surface area contributed by atoms with Gasteiger partial charge in [-0.25, -0.2) is 0 Å². The molecule has 2 rings (SSSR count). The zero-order valence-electron chi connectivity index (χ0n) is 15.5. The van der Waals surface area contributed by atoms with E-state index in [9.17, 15) is 5.11 Å². The number of aliphatic imine (C=N–C) groups is 1. The molecule has 0 radical (unpaired) electrons. The second-order valence-electron chi connectivity index (χ2n) is 7.48. The predicted octanol–water partition coefficient (Wildman–Crippen LogP) is 1.68. The van der Waals surface area contributed by atoms with Gasteiger partial charge in [-0.05, 0) is 33.1 Å². The van der Waals surface area contributed by atoms with Crippen LogP contribution >= 0.6 is 0 Å². The minimum Gasteiger partial charge on any atom is -0.392 e. The SMILES string of the molecule is CCNC(=NCC1(C)CCCCC1O)NC(C)COC1CCOC1. The van der Waals surface area contributed by atoms with E-state index >= 15 is 0 Å². The fraction of sp³-hybridized carbons (Fsp3) is 0.944. The highest BCUT2D eigenvalue weighted by Crippen LogP contribution is 2.36. The van der Waals surface area contributed by atoms with Crippen LogP contribution in [0.25, 0.3) is 0 Å². The summed E-state index contributed by atoms with van der Waals surface area (Å²) in [6.07, 6.45) is 5.20. The van der Waals surface area contributed by atoms with Gasteiger partial charge in [0, 0.05) is 24.6 Å². The zero-order valence-corrected chi connectivity index (χ0v) is 15.5. The molecule has 2 aliphatic rings. The lowest BCUT2D eigenvalue weighted by molar-refractivity contribution is 0.00710. The number of nitrogens with zero attached hydrogens (tertiary/aromatic N) is 1. The van der Waals surface area contributed by atoms with E-state index in [1.165, 1.54) is 6.42 Å². The molecule has 1 saturated carbocycles. The summed E-state index contributed by atoms with van der Waals surface area (Å²) in [7, 11) is 0. The molecule has 4 atom stereocenters. The van der Waals surface area contributed by atoms with Crippen molar-refractivity contribution in [3.8, 4) is 0 Å². The van der Waals surface area contributed by atoms with Gasteiger partial charge < -0.3 is 25.2 Å². The first-order valence-electron chi connectivity index (χ1n) is 9.46. The van der Waals surface area contributed by atoms with Gasteiger partial charge in [0.1, 0.15) is 0 Å². The van der Waals surface area contributed by atoms with E-state index in [-0.39, 0.29) is 23.7 Å². The van der Waals surface area contributed by atoms with E-state index in [4.69, 9.17) is 14.5 Å². The van der Waals surface area contributed by atoms with Crippen molar-refractivity contribution in [3.05, 3.63) is 0 Å². The van der Waals surface area contributed by atoms with Crippen molar-refractivity contribution in [1.82, 2.24) is 10.6 Å². The molecule has 0 aromatic carbocycles. The molecule has 0 amide bonds. The Bertz CT molecular complexity index is 399. The zero-order chi connectivity index (χ0) is 17.4. The van der Waals surface area contributed by atoms with E-state index in [0.29, 0.717) is 19.8 Å². The van der Waals surface area contributed by atoms with Crippen LogP contribution in [-0.4, -0.2) is 62.2 Å². The smallest absolute Gasteiger partial charge is 0.191 e. The number of hydrogen-bond acceptors (Lipinski definition) is 4. The summed E-state index contributed by atoms with van der Waals surface area (Å²) >= 11 is 0. The number of aliphatic hydroxyl groups is 1. The van der Waals surface area contributed by atoms with Gasteiger partial charge in [-0.3, -0.25) is 4.99 Å². The third kappa shape index (κ3) is 5.90. The molecule has 0 aromatic rings. The van der Waals surface area contributed by atoms with Crippen LogP contribution in [-0.2, 0) is 9.47 Å². The van der Waals surface area contributed by atoms with Crippen LogP contribution in [0.4, 0.5) is 0 Å². The van der Waals surface area contributed by atoms with E-state index in [0.717, 1.165) is 44.8 Å².